The Hall–Kier alpha value is -2.37. The maximum absolute atomic E-state index is 11.3. The van der Waals surface area contributed by atoms with Crippen molar-refractivity contribution in [1.82, 2.24) is 15.0 Å². The largest absolute Gasteiger partial charge is 0.490 e. The molecule has 1 N–H and O–H groups in total. The number of nitrogens with one attached hydrogen (secondary N) is 1. The minimum atomic E-state index is -0.135. The lowest BCUT2D eigenvalue weighted by Gasteiger charge is -2.32. The van der Waals surface area contributed by atoms with Crippen LogP contribution in [0.4, 0.5) is 5.95 Å². The van der Waals surface area contributed by atoms with Gasteiger partial charge >= 0.3 is 0 Å². The van der Waals surface area contributed by atoms with Crippen LogP contribution in [0.25, 0.3) is 0 Å². The van der Waals surface area contributed by atoms with E-state index >= 15 is 0 Å². The maximum atomic E-state index is 11.3. The molecular weight excluding hydrogens is 292 g/mol. The van der Waals surface area contributed by atoms with Crippen LogP contribution in [0, 0.1) is 0 Å². The molecule has 1 aliphatic carbocycles. The Morgan fingerprint density at radius 1 is 1.13 bits per heavy atom. The van der Waals surface area contributed by atoms with Gasteiger partial charge in [-0.15, -0.1) is 0 Å². The fourth-order valence-electron chi connectivity index (χ4n) is 2.99. The van der Waals surface area contributed by atoms with E-state index in [2.05, 4.69) is 19.9 Å². The van der Waals surface area contributed by atoms with Crippen molar-refractivity contribution in [3.63, 3.8) is 0 Å². The highest BCUT2D eigenvalue weighted by molar-refractivity contribution is 5.32. The zero-order valence-electron chi connectivity index (χ0n) is 12.9. The van der Waals surface area contributed by atoms with Gasteiger partial charge in [0.1, 0.15) is 11.9 Å². The van der Waals surface area contributed by atoms with E-state index in [1.807, 2.05) is 12.4 Å². The van der Waals surface area contributed by atoms with Crippen LogP contribution in [-0.4, -0.2) is 34.1 Å². The lowest BCUT2D eigenvalue weighted by Crippen LogP contribution is -2.39. The van der Waals surface area contributed by atoms with Crippen molar-refractivity contribution in [2.24, 2.45) is 0 Å². The van der Waals surface area contributed by atoms with Gasteiger partial charge in [0.2, 0.25) is 5.95 Å². The Labute approximate surface area is 134 Å². The number of hydrogen-bond acceptors (Lipinski definition) is 5. The van der Waals surface area contributed by atoms with E-state index in [9.17, 15) is 4.79 Å². The molecule has 3 heterocycles. The van der Waals surface area contributed by atoms with Crippen LogP contribution >= 0.6 is 0 Å². The van der Waals surface area contributed by atoms with Gasteiger partial charge in [-0.25, -0.2) is 9.97 Å². The second-order valence-corrected chi connectivity index (χ2v) is 6.28. The van der Waals surface area contributed by atoms with Gasteiger partial charge in [0.05, 0.1) is 0 Å². The Morgan fingerprint density at radius 3 is 2.52 bits per heavy atom. The van der Waals surface area contributed by atoms with Gasteiger partial charge in [-0.1, -0.05) is 0 Å². The SMILES string of the molecule is O=c1cc(OC2CCN(c3ncc(C4CC4)cn3)CC2)cc[nH]1. The van der Waals surface area contributed by atoms with Crippen LogP contribution in [0.3, 0.4) is 0 Å². The summed E-state index contributed by atoms with van der Waals surface area (Å²) >= 11 is 0. The highest BCUT2D eigenvalue weighted by Crippen LogP contribution is 2.39. The lowest BCUT2D eigenvalue weighted by molar-refractivity contribution is 0.170. The third-order valence-corrected chi connectivity index (χ3v) is 4.48. The molecule has 0 aromatic carbocycles. The number of H-pyrrole nitrogens is 1. The van der Waals surface area contributed by atoms with Gasteiger partial charge < -0.3 is 14.6 Å². The average molecular weight is 312 g/mol. The molecule has 0 unspecified atom stereocenters. The third kappa shape index (κ3) is 3.36. The minimum absolute atomic E-state index is 0.135. The molecule has 1 saturated heterocycles. The summed E-state index contributed by atoms with van der Waals surface area (Å²) in [6, 6.07) is 3.28. The number of nitrogens with zero attached hydrogens (tertiary/aromatic N) is 3. The standard InChI is InChI=1S/C17H20N4O2/c22-16-9-15(3-6-18-16)23-14-4-7-21(8-5-14)17-19-10-13(11-20-17)12-1-2-12/h3,6,9-12,14H,1-2,4-5,7-8H2,(H,18,22). The van der Waals surface area contributed by atoms with E-state index in [-0.39, 0.29) is 11.7 Å². The van der Waals surface area contributed by atoms with Gasteiger partial charge in [0, 0.05) is 50.6 Å². The monoisotopic (exact) mass is 312 g/mol. The van der Waals surface area contributed by atoms with Crippen LogP contribution in [-0.2, 0) is 0 Å². The molecule has 6 nitrogen and oxygen atoms in total. The normalized spacial score (nSPS) is 18.9. The minimum Gasteiger partial charge on any atom is -0.490 e. The van der Waals surface area contributed by atoms with Gasteiger partial charge in [-0.2, -0.15) is 0 Å². The number of ether oxygens (including phenoxy) is 1. The maximum Gasteiger partial charge on any atom is 0.251 e. The quantitative estimate of drug-likeness (QED) is 0.936. The summed E-state index contributed by atoms with van der Waals surface area (Å²) in [5.74, 6) is 2.14. The van der Waals surface area contributed by atoms with Crippen molar-refractivity contribution in [3.05, 3.63) is 46.6 Å². The summed E-state index contributed by atoms with van der Waals surface area (Å²) in [4.78, 5) is 25.1. The smallest absolute Gasteiger partial charge is 0.251 e. The molecule has 23 heavy (non-hydrogen) atoms. The summed E-state index contributed by atoms with van der Waals surface area (Å²) in [7, 11) is 0. The van der Waals surface area contributed by atoms with Gasteiger partial charge in [0.25, 0.3) is 5.56 Å². The van der Waals surface area contributed by atoms with Gasteiger partial charge in [-0.05, 0) is 30.4 Å². The predicted octanol–water partition coefficient (Wildman–Crippen LogP) is 2.09. The van der Waals surface area contributed by atoms with Crippen molar-refractivity contribution < 1.29 is 4.74 Å². The molecule has 0 spiro atoms. The molecule has 0 bridgehead atoms. The molecule has 1 aliphatic heterocycles. The summed E-state index contributed by atoms with van der Waals surface area (Å²) in [6.45, 7) is 1.74. The summed E-state index contributed by atoms with van der Waals surface area (Å²) in [6.07, 6.45) is 10.0. The van der Waals surface area contributed by atoms with Crippen molar-refractivity contribution in [3.8, 4) is 5.75 Å². The molecule has 0 radical (unpaired) electrons. The molecule has 4 rings (SSSR count). The first-order chi connectivity index (χ1) is 11.3. The Bertz CT molecular complexity index is 716. The number of anilines is 1. The van der Waals surface area contributed by atoms with Crippen LogP contribution < -0.4 is 15.2 Å². The van der Waals surface area contributed by atoms with Gasteiger partial charge in [-0.3, -0.25) is 4.79 Å². The molecule has 0 amide bonds. The number of pyridine rings is 1. The first kappa shape index (κ1) is 14.2. The van der Waals surface area contributed by atoms with E-state index in [4.69, 9.17) is 4.74 Å². The fraction of sp³-hybridized carbons (Fsp3) is 0.471. The Kier molecular flexibility index (Phi) is 3.73. The molecule has 2 aromatic heterocycles. The number of aromatic nitrogens is 3. The summed E-state index contributed by atoms with van der Waals surface area (Å²) in [5, 5.41) is 0. The second kappa shape index (κ2) is 6.02. The highest BCUT2D eigenvalue weighted by atomic mass is 16.5. The molecule has 2 fully saturated rings. The molecule has 0 atom stereocenters. The molecular formula is C17H20N4O2. The highest BCUT2D eigenvalue weighted by Gasteiger charge is 2.25. The Balaban J connectivity index is 1.34. The predicted molar refractivity (Wildman–Crippen MR) is 86.9 cm³/mol. The van der Waals surface area contributed by atoms with E-state index in [1.165, 1.54) is 24.5 Å². The zero-order valence-corrected chi connectivity index (χ0v) is 12.9. The zero-order chi connectivity index (χ0) is 15.6. The molecule has 120 valence electrons. The summed E-state index contributed by atoms with van der Waals surface area (Å²) < 4.78 is 5.89. The first-order valence-electron chi connectivity index (χ1n) is 8.20. The third-order valence-electron chi connectivity index (χ3n) is 4.48. The number of rotatable bonds is 4. The molecule has 1 saturated carbocycles. The van der Waals surface area contributed by atoms with Crippen LogP contribution in [0.15, 0.2) is 35.5 Å². The topological polar surface area (TPSA) is 71.1 Å². The van der Waals surface area contributed by atoms with Crippen molar-refractivity contribution in [1.29, 1.82) is 0 Å². The van der Waals surface area contributed by atoms with Crippen molar-refractivity contribution in [2.75, 3.05) is 18.0 Å². The fourth-order valence-corrected chi connectivity index (χ4v) is 2.99. The molecule has 2 aromatic rings. The van der Waals surface area contributed by atoms with E-state index in [1.54, 1.807) is 12.3 Å². The average Bonchev–Trinajstić information content (AvgIpc) is 3.41. The Morgan fingerprint density at radius 2 is 1.87 bits per heavy atom. The lowest BCUT2D eigenvalue weighted by atomic mass is 10.1. The van der Waals surface area contributed by atoms with Crippen LogP contribution in [0.1, 0.15) is 37.2 Å². The van der Waals surface area contributed by atoms with Crippen molar-refractivity contribution >= 4 is 5.95 Å². The number of hydrogen-bond donors (Lipinski definition) is 1. The first-order valence-corrected chi connectivity index (χ1v) is 8.20. The van der Waals surface area contributed by atoms with Crippen LogP contribution in [0.5, 0.6) is 5.75 Å². The van der Waals surface area contributed by atoms with E-state index < -0.39 is 0 Å². The number of aromatic amines is 1. The molecule has 2 aliphatic rings. The van der Waals surface area contributed by atoms with Crippen LogP contribution in [0.2, 0.25) is 0 Å². The van der Waals surface area contributed by atoms with E-state index in [0.717, 1.165) is 31.9 Å². The second-order valence-electron chi connectivity index (χ2n) is 6.28. The summed E-state index contributed by atoms with van der Waals surface area (Å²) in [5.41, 5.74) is 1.13. The van der Waals surface area contributed by atoms with Crippen molar-refractivity contribution in [2.45, 2.75) is 37.7 Å². The number of piperidine rings is 1. The molecule has 6 heteroatoms. The van der Waals surface area contributed by atoms with Gasteiger partial charge in [0.15, 0.2) is 0 Å². The van der Waals surface area contributed by atoms with E-state index in [0.29, 0.717) is 11.7 Å².